The van der Waals surface area contributed by atoms with E-state index in [9.17, 15) is 18.0 Å². The summed E-state index contributed by atoms with van der Waals surface area (Å²) in [6.07, 6.45) is 0. The van der Waals surface area contributed by atoms with Gasteiger partial charge in [-0.3, -0.25) is 14.3 Å². The molecule has 0 aliphatic heterocycles. The molecular weight excluding hydrogens is 418 g/mol. The maximum Gasteiger partial charge on any atom is 0.314 e. The second kappa shape index (κ2) is 7.77. The van der Waals surface area contributed by atoms with Crippen LogP contribution in [0.2, 0.25) is 0 Å². The predicted octanol–water partition coefficient (Wildman–Crippen LogP) is 3.00. The highest BCUT2D eigenvalue weighted by Gasteiger charge is 2.19. The van der Waals surface area contributed by atoms with Crippen molar-refractivity contribution < 1.29 is 13.2 Å². The highest BCUT2D eigenvalue weighted by atomic mass is 32.2. The Bertz CT molecular complexity index is 1510. The third-order valence-electron chi connectivity index (χ3n) is 4.85. The van der Waals surface area contributed by atoms with Crippen LogP contribution in [0, 0.1) is 6.92 Å². The minimum atomic E-state index is -3.98. The number of sulfonamides is 1. The first kappa shape index (κ1) is 20.4. The summed E-state index contributed by atoms with van der Waals surface area (Å²) >= 11 is 0. The largest absolute Gasteiger partial charge is 0.496 e. The molecule has 3 N–H and O–H groups in total. The average Bonchev–Trinajstić information content (AvgIpc) is 2.74. The SMILES string of the molecule is COc1cc(NS(=O)(=O)c2cc3[nH]c(=O)c(=O)[nH]c3cc2C)ccc1-c1ccccc1. The molecule has 0 atom stereocenters. The summed E-state index contributed by atoms with van der Waals surface area (Å²) in [6.45, 7) is 1.61. The summed E-state index contributed by atoms with van der Waals surface area (Å²) in [5.41, 5.74) is 1.41. The average molecular weight is 437 g/mol. The molecule has 0 amide bonds. The number of nitrogens with one attached hydrogen (secondary N) is 3. The first-order valence-electron chi connectivity index (χ1n) is 9.32. The molecule has 0 aliphatic carbocycles. The third kappa shape index (κ3) is 3.95. The fourth-order valence-corrected chi connectivity index (χ4v) is 4.67. The lowest BCUT2D eigenvalue weighted by Gasteiger charge is -2.14. The molecule has 1 heterocycles. The molecule has 0 bridgehead atoms. The molecular formula is C22H19N3O5S. The van der Waals surface area contributed by atoms with Crippen LogP contribution < -0.4 is 20.6 Å². The molecule has 0 saturated carbocycles. The number of benzene rings is 3. The van der Waals surface area contributed by atoms with Gasteiger partial charge >= 0.3 is 11.1 Å². The Hall–Kier alpha value is -3.85. The zero-order chi connectivity index (χ0) is 22.2. The van der Waals surface area contributed by atoms with Gasteiger partial charge in [-0.15, -0.1) is 0 Å². The van der Waals surface area contributed by atoms with Gasteiger partial charge in [0.05, 0.1) is 28.7 Å². The fraction of sp³-hybridized carbons (Fsp3) is 0.0909. The van der Waals surface area contributed by atoms with E-state index < -0.39 is 21.1 Å². The third-order valence-corrected chi connectivity index (χ3v) is 6.37. The Kier molecular flexibility index (Phi) is 5.12. The van der Waals surface area contributed by atoms with Crippen molar-refractivity contribution in [2.75, 3.05) is 11.8 Å². The Morgan fingerprint density at radius 1 is 0.871 bits per heavy atom. The van der Waals surface area contributed by atoms with Crippen LogP contribution in [-0.4, -0.2) is 25.5 Å². The van der Waals surface area contributed by atoms with Crippen LogP contribution >= 0.6 is 0 Å². The number of hydrogen-bond donors (Lipinski definition) is 3. The lowest BCUT2D eigenvalue weighted by atomic mass is 10.0. The molecule has 0 radical (unpaired) electrons. The van der Waals surface area contributed by atoms with Gasteiger partial charge < -0.3 is 14.7 Å². The summed E-state index contributed by atoms with van der Waals surface area (Å²) in [5, 5.41) is 0. The van der Waals surface area contributed by atoms with E-state index in [2.05, 4.69) is 14.7 Å². The Morgan fingerprint density at radius 2 is 1.52 bits per heavy atom. The van der Waals surface area contributed by atoms with Crippen LogP contribution in [0.4, 0.5) is 5.69 Å². The van der Waals surface area contributed by atoms with Gasteiger partial charge in [-0.25, -0.2) is 8.42 Å². The van der Waals surface area contributed by atoms with Gasteiger partial charge in [0.1, 0.15) is 5.75 Å². The highest BCUT2D eigenvalue weighted by Crippen LogP contribution is 2.33. The van der Waals surface area contributed by atoms with Gasteiger partial charge in [0.15, 0.2) is 0 Å². The number of anilines is 1. The normalized spacial score (nSPS) is 11.4. The molecule has 0 saturated heterocycles. The first-order chi connectivity index (χ1) is 14.8. The quantitative estimate of drug-likeness (QED) is 0.415. The highest BCUT2D eigenvalue weighted by molar-refractivity contribution is 7.92. The van der Waals surface area contributed by atoms with Crippen molar-refractivity contribution in [1.29, 1.82) is 0 Å². The maximum absolute atomic E-state index is 13.1. The maximum atomic E-state index is 13.1. The molecule has 3 aromatic carbocycles. The van der Waals surface area contributed by atoms with E-state index in [1.807, 2.05) is 30.3 Å². The van der Waals surface area contributed by atoms with Crippen molar-refractivity contribution in [3.63, 3.8) is 0 Å². The summed E-state index contributed by atoms with van der Waals surface area (Å²) in [7, 11) is -2.46. The molecule has 0 aliphatic rings. The van der Waals surface area contributed by atoms with Gasteiger partial charge in [0.2, 0.25) is 0 Å². The zero-order valence-electron chi connectivity index (χ0n) is 16.7. The Balaban J connectivity index is 1.74. The summed E-state index contributed by atoms with van der Waals surface area (Å²) in [4.78, 5) is 27.9. The number of rotatable bonds is 5. The van der Waals surface area contributed by atoms with E-state index in [1.54, 1.807) is 25.1 Å². The molecule has 1 aromatic heterocycles. The molecule has 31 heavy (non-hydrogen) atoms. The summed E-state index contributed by atoms with van der Waals surface area (Å²) in [5.74, 6) is 0.517. The molecule has 158 valence electrons. The van der Waals surface area contributed by atoms with E-state index in [1.165, 1.54) is 19.2 Å². The van der Waals surface area contributed by atoms with Crippen LogP contribution in [0.1, 0.15) is 5.56 Å². The topological polar surface area (TPSA) is 121 Å². The zero-order valence-corrected chi connectivity index (χ0v) is 17.5. The van der Waals surface area contributed by atoms with Crippen LogP contribution in [-0.2, 0) is 10.0 Å². The molecule has 8 nitrogen and oxygen atoms in total. The number of H-pyrrole nitrogens is 2. The monoisotopic (exact) mass is 437 g/mol. The van der Waals surface area contributed by atoms with E-state index in [0.717, 1.165) is 11.1 Å². The standard InChI is InChI=1S/C22H19N3O5S/c1-13-10-17-18(24-22(27)21(26)23-17)12-20(13)31(28,29)25-15-8-9-16(19(11-15)30-2)14-6-4-3-5-7-14/h3-12,25H,1-2H3,(H,23,26)(H,24,27). The van der Waals surface area contributed by atoms with Gasteiger partial charge in [0, 0.05) is 11.6 Å². The number of methoxy groups -OCH3 is 1. The summed E-state index contributed by atoms with van der Waals surface area (Å²) < 4.78 is 34.1. The number of ether oxygens (including phenoxy) is 1. The van der Waals surface area contributed by atoms with Gasteiger partial charge in [-0.2, -0.15) is 0 Å². The first-order valence-corrected chi connectivity index (χ1v) is 10.8. The molecule has 4 aromatic rings. The number of aromatic amines is 2. The summed E-state index contributed by atoms with van der Waals surface area (Å²) in [6, 6.07) is 17.5. The van der Waals surface area contributed by atoms with Gasteiger partial charge in [-0.05, 0) is 42.3 Å². The van der Waals surface area contributed by atoms with Crippen molar-refractivity contribution >= 4 is 26.7 Å². The van der Waals surface area contributed by atoms with Crippen LogP contribution in [0.5, 0.6) is 5.75 Å². The smallest absolute Gasteiger partial charge is 0.314 e. The van der Waals surface area contributed by atoms with E-state index >= 15 is 0 Å². The van der Waals surface area contributed by atoms with Gasteiger partial charge in [0.25, 0.3) is 10.0 Å². The van der Waals surface area contributed by atoms with Crippen LogP contribution in [0.3, 0.4) is 0 Å². The lowest BCUT2D eigenvalue weighted by Crippen LogP contribution is -2.29. The number of aryl methyl sites for hydroxylation is 1. The molecule has 0 fully saturated rings. The Labute approximate surface area is 177 Å². The van der Waals surface area contributed by atoms with Crippen molar-refractivity contribution in [3.05, 3.63) is 86.9 Å². The molecule has 0 unspecified atom stereocenters. The van der Waals surface area contributed by atoms with Crippen molar-refractivity contribution in [2.24, 2.45) is 0 Å². The van der Waals surface area contributed by atoms with E-state index in [4.69, 9.17) is 4.74 Å². The molecule has 4 rings (SSSR count). The van der Waals surface area contributed by atoms with Gasteiger partial charge in [-0.1, -0.05) is 30.3 Å². The second-order valence-corrected chi connectivity index (χ2v) is 8.61. The minimum Gasteiger partial charge on any atom is -0.496 e. The number of fused-ring (bicyclic) bond motifs is 1. The minimum absolute atomic E-state index is 0.0196. The predicted molar refractivity (Wildman–Crippen MR) is 119 cm³/mol. The van der Waals surface area contributed by atoms with Crippen molar-refractivity contribution in [3.8, 4) is 16.9 Å². The number of hydrogen-bond acceptors (Lipinski definition) is 5. The van der Waals surface area contributed by atoms with E-state index in [0.29, 0.717) is 22.5 Å². The molecule has 0 spiro atoms. The van der Waals surface area contributed by atoms with Crippen LogP contribution in [0.25, 0.3) is 22.2 Å². The molecule has 9 heteroatoms. The second-order valence-electron chi connectivity index (χ2n) is 6.96. The van der Waals surface area contributed by atoms with E-state index in [-0.39, 0.29) is 10.4 Å². The van der Waals surface area contributed by atoms with Crippen molar-refractivity contribution in [2.45, 2.75) is 11.8 Å². The number of aromatic nitrogens is 2. The van der Waals surface area contributed by atoms with Crippen LogP contribution in [0.15, 0.2) is 75.1 Å². The fourth-order valence-electron chi connectivity index (χ4n) is 3.36. The van der Waals surface area contributed by atoms with Crippen molar-refractivity contribution in [1.82, 2.24) is 9.97 Å². The lowest BCUT2D eigenvalue weighted by molar-refractivity contribution is 0.416. The Morgan fingerprint density at radius 3 is 2.16 bits per heavy atom.